The van der Waals surface area contributed by atoms with E-state index in [-0.39, 0.29) is 30.2 Å². The van der Waals surface area contributed by atoms with Crippen LogP contribution in [0.25, 0.3) is 0 Å². The molecule has 0 saturated carbocycles. The minimum Gasteiger partial charge on any atom is -0.494 e. The minimum atomic E-state index is -0.319. The molecular weight excluding hydrogens is 410 g/mol. The monoisotopic (exact) mass is 441 g/mol. The van der Waals surface area contributed by atoms with Gasteiger partial charge in [0.2, 0.25) is 5.91 Å². The van der Waals surface area contributed by atoms with Crippen LogP contribution in [-0.2, 0) is 14.3 Å². The molecule has 0 saturated heterocycles. The van der Waals surface area contributed by atoms with E-state index in [9.17, 15) is 14.4 Å². The van der Waals surface area contributed by atoms with E-state index < -0.39 is 0 Å². The third-order valence-corrected chi connectivity index (χ3v) is 4.80. The number of carbonyl (C=O) groups excluding carboxylic acids is 3. The van der Waals surface area contributed by atoms with E-state index in [1.165, 1.54) is 7.11 Å². The number of nitrogens with one attached hydrogen (secondary N) is 2. The van der Waals surface area contributed by atoms with Crippen molar-refractivity contribution in [2.75, 3.05) is 44.0 Å². The summed E-state index contributed by atoms with van der Waals surface area (Å²) in [6.07, 6.45) is 0. The van der Waals surface area contributed by atoms with Crippen molar-refractivity contribution in [2.45, 2.75) is 20.8 Å². The topological polar surface area (TPSA) is 97.0 Å². The average molecular weight is 442 g/mol. The molecule has 0 spiro atoms. The summed E-state index contributed by atoms with van der Waals surface area (Å²) in [5, 5.41) is 5.64. The summed E-state index contributed by atoms with van der Waals surface area (Å²) >= 11 is 0. The molecule has 0 bridgehead atoms. The molecule has 0 radical (unpaired) electrons. The molecule has 2 aromatic carbocycles. The lowest BCUT2D eigenvalue weighted by Crippen LogP contribution is -2.38. The number of likely N-dealkylation sites (N-methyl/N-ethyl adjacent to an activating group) is 1. The van der Waals surface area contributed by atoms with E-state index in [0.29, 0.717) is 36.6 Å². The van der Waals surface area contributed by atoms with Crippen molar-refractivity contribution in [1.82, 2.24) is 4.90 Å². The molecular formula is C24H31N3O5. The van der Waals surface area contributed by atoms with E-state index in [4.69, 9.17) is 9.47 Å². The van der Waals surface area contributed by atoms with E-state index >= 15 is 0 Å². The number of methoxy groups -OCH3 is 1. The van der Waals surface area contributed by atoms with Crippen LogP contribution in [0.15, 0.2) is 48.5 Å². The van der Waals surface area contributed by atoms with Gasteiger partial charge < -0.3 is 20.1 Å². The normalized spacial score (nSPS) is 11.5. The predicted molar refractivity (Wildman–Crippen MR) is 124 cm³/mol. The maximum Gasteiger partial charge on any atom is 0.309 e. The van der Waals surface area contributed by atoms with E-state index in [0.717, 1.165) is 5.75 Å². The molecule has 1 atom stereocenters. The maximum atomic E-state index is 12.5. The lowest BCUT2D eigenvalue weighted by atomic mass is 10.1. The molecule has 2 N–H and O–H groups in total. The third kappa shape index (κ3) is 7.70. The lowest BCUT2D eigenvalue weighted by Gasteiger charge is -2.22. The first-order valence-electron chi connectivity index (χ1n) is 10.6. The van der Waals surface area contributed by atoms with Gasteiger partial charge in [-0.2, -0.15) is 0 Å². The molecule has 8 nitrogen and oxygen atoms in total. The summed E-state index contributed by atoms with van der Waals surface area (Å²) in [4.78, 5) is 38.3. The van der Waals surface area contributed by atoms with Gasteiger partial charge in [0.1, 0.15) is 5.75 Å². The second-order valence-electron chi connectivity index (χ2n) is 7.29. The summed E-state index contributed by atoms with van der Waals surface area (Å²) in [5.74, 6) is -0.327. The molecule has 32 heavy (non-hydrogen) atoms. The SMILES string of the molecule is CCOc1ccc(NC(=O)c2ccc(NC(=O)CN(CC)CC(C)C(=O)OC)cc2)cc1. The van der Waals surface area contributed by atoms with Crippen LogP contribution in [0, 0.1) is 5.92 Å². The van der Waals surface area contributed by atoms with Gasteiger partial charge in [-0.05, 0) is 62.0 Å². The predicted octanol–water partition coefficient (Wildman–Crippen LogP) is 3.41. The Morgan fingerprint density at radius 2 is 1.53 bits per heavy atom. The van der Waals surface area contributed by atoms with Crippen molar-refractivity contribution in [2.24, 2.45) is 5.92 Å². The summed E-state index contributed by atoms with van der Waals surface area (Å²) in [6.45, 7) is 7.39. The van der Waals surface area contributed by atoms with Crippen molar-refractivity contribution in [1.29, 1.82) is 0 Å². The number of carbonyl (C=O) groups is 3. The van der Waals surface area contributed by atoms with Crippen LogP contribution in [-0.4, -0.2) is 56.0 Å². The molecule has 0 aliphatic carbocycles. The fourth-order valence-electron chi connectivity index (χ4n) is 3.08. The van der Waals surface area contributed by atoms with Crippen LogP contribution < -0.4 is 15.4 Å². The Hall–Kier alpha value is -3.39. The highest BCUT2D eigenvalue weighted by atomic mass is 16.5. The van der Waals surface area contributed by atoms with Gasteiger partial charge in [0.15, 0.2) is 0 Å². The van der Waals surface area contributed by atoms with Gasteiger partial charge in [-0.1, -0.05) is 13.8 Å². The molecule has 0 aliphatic rings. The number of benzene rings is 2. The lowest BCUT2D eigenvalue weighted by molar-refractivity contribution is -0.145. The van der Waals surface area contributed by atoms with E-state index in [1.54, 1.807) is 55.5 Å². The standard InChI is InChI=1S/C24H31N3O5/c1-5-27(15-17(3)24(30)31-4)16-22(28)25-19-9-7-18(8-10-19)23(29)26-20-11-13-21(14-12-20)32-6-2/h7-14,17H,5-6,15-16H2,1-4H3,(H,25,28)(H,26,29). The van der Waals surface area contributed by atoms with Crippen molar-refractivity contribution in [3.05, 3.63) is 54.1 Å². The van der Waals surface area contributed by atoms with Gasteiger partial charge in [0, 0.05) is 23.5 Å². The Balaban J connectivity index is 1.88. The summed E-state index contributed by atoms with van der Waals surface area (Å²) < 4.78 is 10.1. The fraction of sp³-hybridized carbons (Fsp3) is 0.375. The molecule has 172 valence electrons. The Kier molecular flexibility index (Phi) is 9.69. The van der Waals surface area contributed by atoms with Gasteiger partial charge >= 0.3 is 5.97 Å². The molecule has 2 rings (SSSR count). The average Bonchev–Trinajstić information content (AvgIpc) is 2.79. The van der Waals surface area contributed by atoms with Crippen LogP contribution in [0.4, 0.5) is 11.4 Å². The Morgan fingerprint density at radius 1 is 0.938 bits per heavy atom. The molecule has 0 aliphatic heterocycles. The first-order valence-corrected chi connectivity index (χ1v) is 10.6. The third-order valence-electron chi connectivity index (χ3n) is 4.80. The largest absolute Gasteiger partial charge is 0.494 e. The molecule has 0 heterocycles. The second-order valence-corrected chi connectivity index (χ2v) is 7.29. The number of hydrogen-bond donors (Lipinski definition) is 2. The minimum absolute atomic E-state index is 0.151. The highest BCUT2D eigenvalue weighted by Crippen LogP contribution is 2.17. The summed E-state index contributed by atoms with van der Waals surface area (Å²) in [6, 6.07) is 13.8. The van der Waals surface area contributed by atoms with Gasteiger partial charge in [0.05, 0.1) is 26.2 Å². The van der Waals surface area contributed by atoms with Crippen LogP contribution in [0.2, 0.25) is 0 Å². The molecule has 8 heteroatoms. The summed E-state index contributed by atoms with van der Waals surface area (Å²) in [5.41, 5.74) is 1.72. The van der Waals surface area contributed by atoms with Gasteiger partial charge in [-0.3, -0.25) is 19.3 Å². The van der Waals surface area contributed by atoms with Gasteiger partial charge in [-0.15, -0.1) is 0 Å². The smallest absolute Gasteiger partial charge is 0.309 e. The zero-order valence-electron chi connectivity index (χ0n) is 19.0. The number of esters is 1. The van der Waals surface area contributed by atoms with Gasteiger partial charge in [0.25, 0.3) is 5.91 Å². The van der Waals surface area contributed by atoms with Crippen LogP contribution >= 0.6 is 0 Å². The van der Waals surface area contributed by atoms with Crippen LogP contribution in [0.5, 0.6) is 5.75 Å². The Morgan fingerprint density at radius 3 is 2.09 bits per heavy atom. The zero-order valence-corrected chi connectivity index (χ0v) is 19.0. The molecule has 2 amide bonds. The van der Waals surface area contributed by atoms with Crippen LogP contribution in [0.1, 0.15) is 31.1 Å². The van der Waals surface area contributed by atoms with Crippen molar-refractivity contribution >= 4 is 29.2 Å². The summed E-state index contributed by atoms with van der Waals surface area (Å²) in [7, 11) is 1.35. The maximum absolute atomic E-state index is 12.5. The number of nitrogens with zero attached hydrogens (tertiary/aromatic N) is 1. The van der Waals surface area contributed by atoms with Crippen LogP contribution in [0.3, 0.4) is 0 Å². The molecule has 0 fully saturated rings. The molecule has 0 aromatic heterocycles. The van der Waals surface area contributed by atoms with Gasteiger partial charge in [-0.25, -0.2) is 0 Å². The molecule has 1 unspecified atom stereocenters. The number of hydrogen-bond acceptors (Lipinski definition) is 6. The Labute approximate surface area is 188 Å². The number of amides is 2. The number of anilines is 2. The van der Waals surface area contributed by atoms with Crippen molar-refractivity contribution in [3.8, 4) is 5.75 Å². The van der Waals surface area contributed by atoms with E-state index in [1.807, 2.05) is 18.7 Å². The highest BCUT2D eigenvalue weighted by molar-refractivity contribution is 6.04. The quantitative estimate of drug-likeness (QED) is 0.519. The van der Waals surface area contributed by atoms with Crippen molar-refractivity contribution < 1.29 is 23.9 Å². The zero-order chi connectivity index (χ0) is 23.5. The second kappa shape index (κ2) is 12.5. The first-order chi connectivity index (χ1) is 15.4. The number of ether oxygens (including phenoxy) is 2. The fourth-order valence-corrected chi connectivity index (χ4v) is 3.08. The molecule has 2 aromatic rings. The first kappa shape index (κ1) is 24.9. The number of rotatable bonds is 11. The highest BCUT2D eigenvalue weighted by Gasteiger charge is 2.18. The van der Waals surface area contributed by atoms with E-state index in [2.05, 4.69) is 10.6 Å². The Bertz CT molecular complexity index is 897. The van der Waals surface area contributed by atoms with Crippen molar-refractivity contribution in [3.63, 3.8) is 0 Å².